The summed E-state index contributed by atoms with van der Waals surface area (Å²) in [6.07, 6.45) is 7.01. The van der Waals surface area contributed by atoms with Gasteiger partial charge in [0.05, 0.1) is 0 Å². The largest absolute Gasteiger partial charge is 0.311 e. The highest BCUT2D eigenvalue weighted by molar-refractivity contribution is 9.13. The first-order chi connectivity index (χ1) is 7.25. The highest BCUT2D eigenvalue weighted by Gasteiger charge is 2.18. The molecule has 0 unspecified atom stereocenters. The molecule has 0 radical (unpaired) electrons. The summed E-state index contributed by atoms with van der Waals surface area (Å²) in [5.74, 6) is 0. The molecule has 1 aliphatic rings. The molecule has 0 aliphatic heterocycles. The van der Waals surface area contributed by atoms with Gasteiger partial charge < -0.3 is 5.32 Å². The fraction of sp³-hybridized carbons (Fsp3) is 0.333. The molecule has 0 spiro atoms. The van der Waals surface area contributed by atoms with E-state index in [2.05, 4.69) is 67.5 Å². The van der Waals surface area contributed by atoms with E-state index < -0.39 is 0 Å². The van der Waals surface area contributed by atoms with Crippen LogP contribution in [0.4, 0.5) is 0 Å². The van der Waals surface area contributed by atoms with Crippen LogP contribution in [-0.2, 0) is 0 Å². The third-order valence-electron chi connectivity index (χ3n) is 2.36. The number of nitrogens with one attached hydrogen (secondary N) is 1. The van der Waals surface area contributed by atoms with Gasteiger partial charge in [-0.25, -0.2) is 0 Å². The Hall–Kier alpha value is -0.120. The van der Waals surface area contributed by atoms with Crippen molar-refractivity contribution in [3.63, 3.8) is 0 Å². The van der Waals surface area contributed by atoms with Crippen molar-refractivity contribution < 1.29 is 0 Å². The van der Waals surface area contributed by atoms with Crippen LogP contribution in [0.5, 0.6) is 0 Å². The second kappa shape index (κ2) is 5.28. The summed E-state index contributed by atoms with van der Waals surface area (Å²) < 4.78 is 2.19. The van der Waals surface area contributed by atoms with Crippen LogP contribution in [0.1, 0.15) is 18.4 Å². The lowest BCUT2D eigenvalue weighted by atomic mass is 10.2. The number of benzene rings is 1. The zero-order valence-corrected chi connectivity index (χ0v) is 11.5. The van der Waals surface area contributed by atoms with Crippen molar-refractivity contribution in [2.45, 2.75) is 18.9 Å². The number of rotatable bonds is 4. The molecule has 15 heavy (non-hydrogen) atoms. The third-order valence-corrected chi connectivity index (χ3v) is 4.24. The van der Waals surface area contributed by atoms with Crippen LogP contribution in [0.2, 0.25) is 0 Å². The molecule has 0 amide bonds. The molecule has 1 aromatic carbocycles. The predicted octanol–water partition coefficient (Wildman–Crippen LogP) is 3.98. The summed E-state index contributed by atoms with van der Waals surface area (Å²) in [7, 11) is 0. The minimum Gasteiger partial charge on any atom is -0.311 e. The van der Waals surface area contributed by atoms with E-state index >= 15 is 0 Å². The van der Waals surface area contributed by atoms with Crippen molar-refractivity contribution in [2.24, 2.45) is 0 Å². The molecule has 2 rings (SSSR count). The van der Waals surface area contributed by atoms with Crippen LogP contribution in [0.3, 0.4) is 0 Å². The molecule has 0 aromatic heterocycles. The van der Waals surface area contributed by atoms with Crippen molar-refractivity contribution in [3.8, 4) is 0 Å². The second-order valence-electron chi connectivity index (χ2n) is 3.76. The molecular weight excluding hydrogens is 318 g/mol. The highest BCUT2D eigenvalue weighted by Crippen LogP contribution is 2.24. The van der Waals surface area contributed by atoms with Gasteiger partial charge in [-0.1, -0.05) is 18.2 Å². The Kier molecular flexibility index (Phi) is 4.00. The van der Waals surface area contributed by atoms with E-state index in [1.807, 2.05) is 0 Å². The Morgan fingerprint density at radius 3 is 2.73 bits per heavy atom. The van der Waals surface area contributed by atoms with Crippen molar-refractivity contribution in [2.75, 3.05) is 6.54 Å². The van der Waals surface area contributed by atoms with Gasteiger partial charge in [-0.2, -0.15) is 0 Å². The van der Waals surface area contributed by atoms with E-state index in [-0.39, 0.29) is 0 Å². The van der Waals surface area contributed by atoms with Crippen molar-refractivity contribution >= 4 is 37.9 Å². The maximum atomic E-state index is 3.49. The van der Waals surface area contributed by atoms with E-state index in [9.17, 15) is 0 Å². The van der Waals surface area contributed by atoms with E-state index in [4.69, 9.17) is 0 Å². The Labute approximate surface area is 107 Å². The average molecular weight is 331 g/mol. The molecule has 0 saturated heterocycles. The number of halogens is 2. The maximum absolute atomic E-state index is 3.49. The molecule has 1 nitrogen and oxygen atoms in total. The van der Waals surface area contributed by atoms with Gasteiger partial charge in [0.25, 0.3) is 0 Å². The first-order valence-electron chi connectivity index (χ1n) is 5.10. The van der Waals surface area contributed by atoms with Gasteiger partial charge in [0.2, 0.25) is 0 Å². The number of hydrogen-bond acceptors (Lipinski definition) is 1. The summed E-state index contributed by atoms with van der Waals surface area (Å²) in [4.78, 5) is 0. The summed E-state index contributed by atoms with van der Waals surface area (Å²) in [5, 5.41) is 3.45. The van der Waals surface area contributed by atoms with Crippen LogP contribution < -0.4 is 5.32 Å². The quantitative estimate of drug-likeness (QED) is 0.880. The van der Waals surface area contributed by atoms with E-state index in [0.29, 0.717) is 0 Å². The zero-order chi connectivity index (χ0) is 10.7. The lowest BCUT2D eigenvalue weighted by molar-refractivity contribution is 0.754. The fourth-order valence-electron chi connectivity index (χ4n) is 1.33. The fourth-order valence-corrected chi connectivity index (χ4v) is 1.98. The number of hydrogen-bond donors (Lipinski definition) is 1. The zero-order valence-electron chi connectivity index (χ0n) is 8.34. The van der Waals surface area contributed by atoms with Gasteiger partial charge in [0.1, 0.15) is 0 Å². The van der Waals surface area contributed by atoms with Crippen LogP contribution in [0.15, 0.2) is 33.2 Å². The Bertz CT molecular complexity index is 370. The molecule has 0 heterocycles. The van der Waals surface area contributed by atoms with Gasteiger partial charge >= 0.3 is 0 Å². The normalized spacial score (nSPS) is 16.1. The van der Waals surface area contributed by atoms with E-state index in [1.54, 1.807) is 0 Å². The third kappa shape index (κ3) is 3.74. The predicted molar refractivity (Wildman–Crippen MR) is 71.9 cm³/mol. The van der Waals surface area contributed by atoms with Gasteiger partial charge in [0, 0.05) is 21.5 Å². The van der Waals surface area contributed by atoms with Crippen molar-refractivity contribution in [3.05, 3.63) is 38.8 Å². The van der Waals surface area contributed by atoms with Crippen molar-refractivity contribution in [1.29, 1.82) is 0 Å². The lowest BCUT2D eigenvalue weighted by Crippen LogP contribution is -2.15. The van der Waals surface area contributed by atoms with Gasteiger partial charge in [-0.3, -0.25) is 0 Å². The minimum atomic E-state index is 0.784. The van der Waals surface area contributed by atoms with Gasteiger partial charge in [0.15, 0.2) is 0 Å². The molecule has 1 saturated carbocycles. The van der Waals surface area contributed by atoms with E-state index in [0.717, 1.165) is 21.5 Å². The molecular formula is C12H13Br2N. The van der Waals surface area contributed by atoms with Gasteiger partial charge in [-0.05, 0) is 62.4 Å². The standard InChI is InChI=1S/C12H13Br2N/c13-11-6-3-9(8-12(11)14)2-1-7-15-10-4-5-10/h1-3,6,8,10,15H,4-5,7H2/b2-1+. The summed E-state index contributed by atoms with van der Waals surface area (Å²) in [6.45, 7) is 0.971. The van der Waals surface area contributed by atoms with Crippen LogP contribution >= 0.6 is 31.9 Å². The van der Waals surface area contributed by atoms with Gasteiger partial charge in [-0.15, -0.1) is 0 Å². The Balaban J connectivity index is 1.88. The SMILES string of the molecule is Brc1ccc(/C=C/CNC2CC2)cc1Br. The molecule has 1 aromatic rings. The van der Waals surface area contributed by atoms with Crippen molar-refractivity contribution in [1.82, 2.24) is 5.32 Å². The summed E-state index contributed by atoms with van der Waals surface area (Å²) in [6, 6.07) is 7.05. The summed E-state index contributed by atoms with van der Waals surface area (Å²) >= 11 is 6.95. The molecule has 0 bridgehead atoms. The first-order valence-corrected chi connectivity index (χ1v) is 6.69. The first kappa shape index (κ1) is 11.4. The molecule has 3 heteroatoms. The topological polar surface area (TPSA) is 12.0 Å². The molecule has 80 valence electrons. The molecule has 1 fully saturated rings. The minimum absolute atomic E-state index is 0.784. The average Bonchev–Trinajstić information content (AvgIpc) is 3.02. The van der Waals surface area contributed by atoms with E-state index in [1.165, 1.54) is 18.4 Å². The molecule has 1 N–H and O–H groups in total. The molecule has 0 atom stereocenters. The monoisotopic (exact) mass is 329 g/mol. The molecule has 1 aliphatic carbocycles. The highest BCUT2D eigenvalue weighted by atomic mass is 79.9. The Morgan fingerprint density at radius 2 is 2.07 bits per heavy atom. The second-order valence-corrected chi connectivity index (χ2v) is 5.47. The lowest BCUT2D eigenvalue weighted by Gasteiger charge is -1.99. The Morgan fingerprint density at radius 1 is 1.27 bits per heavy atom. The van der Waals surface area contributed by atoms with Crippen LogP contribution in [0.25, 0.3) is 6.08 Å². The van der Waals surface area contributed by atoms with Crippen LogP contribution in [-0.4, -0.2) is 12.6 Å². The maximum Gasteiger partial charge on any atom is 0.0323 e. The van der Waals surface area contributed by atoms with Crippen LogP contribution in [0, 0.1) is 0 Å². The smallest absolute Gasteiger partial charge is 0.0323 e. The summed E-state index contributed by atoms with van der Waals surface area (Å²) in [5.41, 5.74) is 1.22.